The fraction of sp³-hybridized carbons (Fsp3) is 0.500. The van der Waals surface area contributed by atoms with Gasteiger partial charge in [-0.2, -0.15) is 0 Å². The Hall–Kier alpha value is -0.670. The molecule has 0 spiro atoms. The van der Waals surface area contributed by atoms with Crippen LogP contribution in [0.5, 0.6) is 0 Å². The molecule has 0 bridgehead atoms. The smallest absolute Gasteiger partial charge is 0.222 e. The van der Waals surface area contributed by atoms with Crippen molar-refractivity contribution in [2.75, 3.05) is 0 Å². The quantitative estimate of drug-likeness (QED) is 0.686. The maximum Gasteiger partial charge on any atom is 0.222 e. The molecule has 1 aromatic rings. The molecule has 0 radical (unpaired) electrons. The van der Waals surface area contributed by atoms with Crippen molar-refractivity contribution in [3.05, 3.63) is 22.7 Å². The molecule has 0 aromatic carbocycles. The minimum Gasteiger partial charge on any atom is -0.392 e. The molecule has 1 rings (SSSR count). The van der Waals surface area contributed by atoms with Crippen molar-refractivity contribution in [1.29, 1.82) is 0 Å². The van der Waals surface area contributed by atoms with Crippen LogP contribution in [-0.2, 0) is 6.61 Å². The van der Waals surface area contributed by atoms with E-state index in [0.717, 1.165) is 5.69 Å². The van der Waals surface area contributed by atoms with Gasteiger partial charge in [-0.15, -0.1) is 0 Å². The number of aryl methyl sites for hydroxylation is 1. The van der Waals surface area contributed by atoms with E-state index in [1.807, 2.05) is 13.8 Å². The van der Waals surface area contributed by atoms with E-state index in [4.69, 9.17) is 16.7 Å². The van der Waals surface area contributed by atoms with Crippen LogP contribution in [0.25, 0.3) is 0 Å². The molecule has 1 aromatic heterocycles. The first kappa shape index (κ1) is 11.3. The molecule has 0 aliphatic rings. The summed E-state index contributed by atoms with van der Waals surface area (Å²) in [6.45, 7) is 5.74. The maximum atomic E-state index is 8.69. The summed E-state index contributed by atoms with van der Waals surface area (Å²) in [5.74, 6) is 0. The number of rotatable bonds is 1. The molecule has 0 unspecified atom stereocenters. The van der Waals surface area contributed by atoms with Gasteiger partial charge in [0, 0.05) is 17.5 Å². The van der Waals surface area contributed by atoms with Crippen LogP contribution in [0.1, 0.15) is 25.1 Å². The summed E-state index contributed by atoms with van der Waals surface area (Å²) in [5.41, 5.74) is 1.44. The second-order valence-corrected chi connectivity index (χ2v) is 2.25. The van der Waals surface area contributed by atoms with E-state index < -0.39 is 0 Å². The van der Waals surface area contributed by atoms with Crippen molar-refractivity contribution in [2.45, 2.75) is 27.4 Å². The Morgan fingerprint density at radius 1 is 1.50 bits per heavy atom. The molecule has 68 valence electrons. The number of nitrogens with zero attached hydrogens (tertiary/aromatic N) is 2. The van der Waals surface area contributed by atoms with E-state index in [0.29, 0.717) is 5.56 Å². The second-order valence-electron chi connectivity index (χ2n) is 1.91. The molecule has 0 saturated carbocycles. The highest BCUT2D eigenvalue weighted by Crippen LogP contribution is 2.06. The van der Waals surface area contributed by atoms with E-state index in [1.165, 1.54) is 6.20 Å². The monoisotopic (exact) mass is 188 g/mol. The molecule has 3 nitrogen and oxygen atoms in total. The summed E-state index contributed by atoms with van der Waals surface area (Å²) in [6, 6.07) is 0. The Morgan fingerprint density at radius 3 is 2.50 bits per heavy atom. The lowest BCUT2D eigenvalue weighted by molar-refractivity contribution is 0.280. The Kier molecular flexibility index (Phi) is 5.58. The SMILES string of the molecule is CC.Cc1nc(Cl)ncc1CO. The van der Waals surface area contributed by atoms with Gasteiger partial charge in [0.1, 0.15) is 0 Å². The predicted molar refractivity (Wildman–Crippen MR) is 49.0 cm³/mol. The molecule has 0 aliphatic heterocycles. The second kappa shape index (κ2) is 5.91. The normalized spacial score (nSPS) is 8.75. The lowest BCUT2D eigenvalue weighted by atomic mass is 10.3. The summed E-state index contributed by atoms with van der Waals surface area (Å²) in [7, 11) is 0. The van der Waals surface area contributed by atoms with Crippen LogP contribution in [0.4, 0.5) is 0 Å². The Bertz CT molecular complexity index is 240. The fourth-order valence-corrected chi connectivity index (χ4v) is 0.794. The first-order valence-corrected chi connectivity index (χ1v) is 4.20. The first-order valence-electron chi connectivity index (χ1n) is 3.83. The van der Waals surface area contributed by atoms with Crippen LogP contribution in [0.15, 0.2) is 6.20 Å². The topological polar surface area (TPSA) is 46.0 Å². The summed E-state index contributed by atoms with van der Waals surface area (Å²) in [4.78, 5) is 7.54. The first-order chi connectivity index (χ1) is 5.74. The molecule has 0 atom stereocenters. The molecule has 1 N–H and O–H groups in total. The molecule has 1 heterocycles. The summed E-state index contributed by atoms with van der Waals surface area (Å²) >= 11 is 5.47. The number of aliphatic hydroxyl groups is 1. The predicted octanol–water partition coefficient (Wildman–Crippen LogP) is 1.96. The van der Waals surface area contributed by atoms with Crippen LogP contribution >= 0.6 is 11.6 Å². The highest BCUT2D eigenvalue weighted by atomic mass is 35.5. The molecule has 0 amide bonds. The molecular formula is C8H13ClN2O. The highest BCUT2D eigenvalue weighted by Gasteiger charge is 1.98. The minimum atomic E-state index is -0.0387. The standard InChI is InChI=1S/C6H7ClN2O.C2H6/c1-4-5(3-10)2-8-6(7)9-4;1-2/h2,10H,3H2,1H3;1-2H3. The Balaban J connectivity index is 0.000000561. The third kappa shape index (κ3) is 3.15. The number of aliphatic hydroxyl groups excluding tert-OH is 1. The average molecular weight is 189 g/mol. The third-order valence-corrected chi connectivity index (χ3v) is 1.40. The van der Waals surface area contributed by atoms with E-state index in [1.54, 1.807) is 6.92 Å². The summed E-state index contributed by atoms with van der Waals surface area (Å²) in [5, 5.41) is 8.90. The number of hydrogen-bond donors (Lipinski definition) is 1. The number of halogens is 1. The third-order valence-electron chi connectivity index (χ3n) is 1.22. The Morgan fingerprint density at radius 2 is 2.08 bits per heavy atom. The van der Waals surface area contributed by atoms with Gasteiger partial charge >= 0.3 is 0 Å². The minimum absolute atomic E-state index is 0.0387. The Labute approximate surface area is 77.4 Å². The van der Waals surface area contributed by atoms with Crippen LogP contribution in [0, 0.1) is 6.92 Å². The summed E-state index contributed by atoms with van der Waals surface area (Å²) < 4.78 is 0. The van der Waals surface area contributed by atoms with E-state index in [2.05, 4.69) is 9.97 Å². The summed E-state index contributed by atoms with van der Waals surface area (Å²) in [6.07, 6.45) is 1.52. The zero-order valence-corrected chi connectivity index (χ0v) is 8.26. The van der Waals surface area contributed by atoms with E-state index in [9.17, 15) is 0 Å². The fourth-order valence-electron chi connectivity index (χ4n) is 0.619. The molecule has 0 fully saturated rings. The van der Waals surface area contributed by atoms with Crippen LogP contribution in [-0.4, -0.2) is 15.1 Å². The van der Waals surface area contributed by atoms with Gasteiger partial charge in [-0.1, -0.05) is 13.8 Å². The average Bonchev–Trinajstić information content (AvgIpc) is 2.08. The van der Waals surface area contributed by atoms with Crippen LogP contribution in [0.2, 0.25) is 5.28 Å². The molecule has 0 aliphatic carbocycles. The van der Waals surface area contributed by atoms with Crippen molar-refractivity contribution in [1.82, 2.24) is 9.97 Å². The number of aromatic nitrogens is 2. The van der Waals surface area contributed by atoms with Gasteiger partial charge in [0.2, 0.25) is 5.28 Å². The van der Waals surface area contributed by atoms with E-state index in [-0.39, 0.29) is 11.9 Å². The molecule has 12 heavy (non-hydrogen) atoms. The van der Waals surface area contributed by atoms with Gasteiger partial charge in [-0.25, -0.2) is 9.97 Å². The highest BCUT2D eigenvalue weighted by molar-refractivity contribution is 6.28. The largest absolute Gasteiger partial charge is 0.392 e. The van der Waals surface area contributed by atoms with Crippen LogP contribution in [0.3, 0.4) is 0 Å². The van der Waals surface area contributed by atoms with Crippen molar-refractivity contribution in [2.24, 2.45) is 0 Å². The molecular weight excluding hydrogens is 176 g/mol. The molecule has 0 saturated heterocycles. The zero-order chi connectivity index (χ0) is 9.56. The van der Waals surface area contributed by atoms with Gasteiger partial charge in [-0.05, 0) is 18.5 Å². The van der Waals surface area contributed by atoms with Gasteiger partial charge in [-0.3, -0.25) is 0 Å². The van der Waals surface area contributed by atoms with Gasteiger partial charge in [0.15, 0.2) is 0 Å². The van der Waals surface area contributed by atoms with Gasteiger partial charge in [0.25, 0.3) is 0 Å². The van der Waals surface area contributed by atoms with E-state index >= 15 is 0 Å². The van der Waals surface area contributed by atoms with Crippen molar-refractivity contribution < 1.29 is 5.11 Å². The lowest BCUT2D eigenvalue weighted by Gasteiger charge is -1.98. The van der Waals surface area contributed by atoms with Crippen molar-refractivity contribution >= 4 is 11.6 Å². The molecule has 4 heteroatoms. The zero-order valence-electron chi connectivity index (χ0n) is 7.50. The van der Waals surface area contributed by atoms with Gasteiger partial charge < -0.3 is 5.11 Å². The van der Waals surface area contributed by atoms with Crippen LogP contribution < -0.4 is 0 Å². The van der Waals surface area contributed by atoms with Crippen molar-refractivity contribution in [3.8, 4) is 0 Å². The van der Waals surface area contributed by atoms with Gasteiger partial charge in [0.05, 0.1) is 6.61 Å². The lowest BCUT2D eigenvalue weighted by Crippen LogP contribution is -1.94. The number of hydrogen-bond acceptors (Lipinski definition) is 3. The van der Waals surface area contributed by atoms with Crippen molar-refractivity contribution in [3.63, 3.8) is 0 Å². The maximum absolute atomic E-state index is 8.69.